The molecule has 1 aromatic heterocycles. The SMILES string of the molecule is CCOC(C)C(C)n1c(C)c(C(=O)O)c2ccccc21. The Balaban J connectivity index is 2.64. The Labute approximate surface area is 119 Å². The predicted molar refractivity (Wildman–Crippen MR) is 79.4 cm³/mol. The second-order valence-electron chi connectivity index (χ2n) is 5.05. The topological polar surface area (TPSA) is 51.5 Å². The highest BCUT2D eigenvalue weighted by molar-refractivity contribution is 6.05. The molecule has 0 radical (unpaired) electrons. The van der Waals surface area contributed by atoms with Gasteiger partial charge in [-0.2, -0.15) is 0 Å². The third-order valence-corrected chi connectivity index (χ3v) is 3.89. The van der Waals surface area contributed by atoms with E-state index in [0.29, 0.717) is 12.2 Å². The highest BCUT2D eigenvalue weighted by Crippen LogP contribution is 2.30. The van der Waals surface area contributed by atoms with Crippen LogP contribution in [0.2, 0.25) is 0 Å². The fourth-order valence-electron chi connectivity index (χ4n) is 2.80. The van der Waals surface area contributed by atoms with Crippen molar-refractivity contribution in [3.63, 3.8) is 0 Å². The van der Waals surface area contributed by atoms with Gasteiger partial charge in [-0.3, -0.25) is 0 Å². The van der Waals surface area contributed by atoms with Crippen LogP contribution in [0.4, 0.5) is 0 Å². The summed E-state index contributed by atoms with van der Waals surface area (Å²) in [7, 11) is 0. The Morgan fingerprint density at radius 3 is 2.60 bits per heavy atom. The van der Waals surface area contributed by atoms with Crippen LogP contribution in [0.15, 0.2) is 24.3 Å². The third-order valence-electron chi connectivity index (χ3n) is 3.89. The lowest BCUT2D eigenvalue weighted by atomic mass is 10.1. The molecule has 0 bridgehead atoms. The molecule has 2 aromatic rings. The Bertz CT molecular complexity index is 630. The Morgan fingerprint density at radius 2 is 2.00 bits per heavy atom. The van der Waals surface area contributed by atoms with Crippen molar-refractivity contribution in [2.75, 3.05) is 6.61 Å². The van der Waals surface area contributed by atoms with E-state index in [9.17, 15) is 9.90 Å². The molecule has 0 aliphatic rings. The van der Waals surface area contributed by atoms with Gasteiger partial charge in [0.1, 0.15) is 0 Å². The molecule has 1 heterocycles. The van der Waals surface area contributed by atoms with Gasteiger partial charge in [-0.1, -0.05) is 18.2 Å². The summed E-state index contributed by atoms with van der Waals surface area (Å²) in [5, 5.41) is 10.2. The fourth-order valence-corrected chi connectivity index (χ4v) is 2.80. The normalized spacial score (nSPS) is 14.4. The standard InChI is InChI=1S/C16H21NO3/c1-5-20-12(4)10(2)17-11(3)15(16(18)19)13-8-6-7-9-14(13)17/h6-10,12H,5H2,1-4H3,(H,18,19). The number of ether oxygens (including phenoxy) is 1. The quantitative estimate of drug-likeness (QED) is 0.906. The van der Waals surface area contributed by atoms with Gasteiger partial charge in [0.25, 0.3) is 0 Å². The average molecular weight is 275 g/mol. The number of benzene rings is 1. The monoisotopic (exact) mass is 275 g/mol. The zero-order valence-corrected chi connectivity index (χ0v) is 12.4. The van der Waals surface area contributed by atoms with Crippen molar-refractivity contribution in [2.45, 2.75) is 39.8 Å². The molecule has 0 fully saturated rings. The molecule has 20 heavy (non-hydrogen) atoms. The average Bonchev–Trinajstić information content (AvgIpc) is 2.70. The number of fused-ring (bicyclic) bond motifs is 1. The molecule has 0 spiro atoms. The van der Waals surface area contributed by atoms with Gasteiger partial charge in [0.2, 0.25) is 0 Å². The first-order valence-electron chi connectivity index (χ1n) is 6.93. The van der Waals surface area contributed by atoms with Crippen molar-refractivity contribution in [1.82, 2.24) is 4.57 Å². The van der Waals surface area contributed by atoms with Crippen LogP contribution in [0.25, 0.3) is 10.9 Å². The molecule has 1 aromatic carbocycles. The molecule has 2 rings (SSSR count). The van der Waals surface area contributed by atoms with Crippen LogP contribution in [-0.4, -0.2) is 28.4 Å². The lowest BCUT2D eigenvalue weighted by Gasteiger charge is -2.24. The molecule has 1 N–H and O–H groups in total. The Morgan fingerprint density at radius 1 is 1.35 bits per heavy atom. The minimum absolute atomic E-state index is 0.0242. The number of nitrogens with zero attached hydrogens (tertiary/aromatic N) is 1. The maximum atomic E-state index is 11.5. The largest absolute Gasteiger partial charge is 0.478 e. The lowest BCUT2D eigenvalue weighted by Crippen LogP contribution is -2.23. The van der Waals surface area contributed by atoms with Crippen LogP contribution < -0.4 is 0 Å². The van der Waals surface area contributed by atoms with E-state index in [1.165, 1.54) is 0 Å². The van der Waals surface area contributed by atoms with Gasteiger partial charge in [-0.05, 0) is 33.8 Å². The molecular formula is C16H21NO3. The van der Waals surface area contributed by atoms with Crippen LogP contribution in [0.3, 0.4) is 0 Å². The van der Waals surface area contributed by atoms with Crippen LogP contribution in [-0.2, 0) is 4.74 Å². The minimum atomic E-state index is -0.881. The van der Waals surface area contributed by atoms with Crippen molar-refractivity contribution in [3.8, 4) is 0 Å². The van der Waals surface area contributed by atoms with Crippen molar-refractivity contribution in [2.24, 2.45) is 0 Å². The minimum Gasteiger partial charge on any atom is -0.478 e. The number of carboxylic acids is 1. The summed E-state index contributed by atoms with van der Waals surface area (Å²) in [5.41, 5.74) is 2.11. The Kier molecular flexibility index (Phi) is 4.14. The van der Waals surface area contributed by atoms with Gasteiger partial charge in [-0.25, -0.2) is 4.79 Å². The molecule has 108 valence electrons. The molecule has 0 aliphatic heterocycles. The molecule has 4 heteroatoms. The second-order valence-corrected chi connectivity index (χ2v) is 5.05. The molecule has 0 aliphatic carbocycles. The molecule has 4 nitrogen and oxygen atoms in total. The molecule has 0 amide bonds. The zero-order valence-electron chi connectivity index (χ0n) is 12.4. The van der Waals surface area contributed by atoms with Crippen molar-refractivity contribution in [3.05, 3.63) is 35.5 Å². The number of carbonyl (C=O) groups is 1. The summed E-state index contributed by atoms with van der Waals surface area (Å²) < 4.78 is 7.73. The van der Waals surface area contributed by atoms with Gasteiger partial charge in [0, 0.05) is 23.2 Å². The maximum Gasteiger partial charge on any atom is 0.338 e. The van der Waals surface area contributed by atoms with Crippen LogP contribution in [0.5, 0.6) is 0 Å². The van der Waals surface area contributed by atoms with E-state index in [0.717, 1.165) is 16.6 Å². The van der Waals surface area contributed by atoms with E-state index in [2.05, 4.69) is 11.5 Å². The van der Waals surface area contributed by atoms with Crippen molar-refractivity contribution < 1.29 is 14.6 Å². The van der Waals surface area contributed by atoms with Crippen LogP contribution >= 0.6 is 0 Å². The first-order chi connectivity index (χ1) is 9.49. The fraction of sp³-hybridized carbons (Fsp3) is 0.438. The van der Waals surface area contributed by atoms with Gasteiger partial charge in [0.05, 0.1) is 17.7 Å². The zero-order chi connectivity index (χ0) is 14.9. The highest BCUT2D eigenvalue weighted by Gasteiger charge is 2.24. The van der Waals surface area contributed by atoms with Gasteiger partial charge < -0.3 is 14.4 Å². The summed E-state index contributed by atoms with van der Waals surface area (Å²) in [6.07, 6.45) is 0.0242. The number of aromatic nitrogens is 1. The van der Waals surface area contributed by atoms with Crippen molar-refractivity contribution in [1.29, 1.82) is 0 Å². The van der Waals surface area contributed by atoms with E-state index < -0.39 is 5.97 Å². The summed E-state index contributed by atoms with van der Waals surface area (Å²) in [6.45, 7) is 8.55. The van der Waals surface area contributed by atoms with Crippen molar-refractivity contribution >= 4 is 16.9 Å². The summed E-state index contributed by atoms with van der Waals surface area (Å²) in [4.78, 5) is 11.5. The van der Waals surface area contributed by atoms with Gasteiger partial charge >= 0.3 is 5.97 Å². The number of carboxylic acid groups (broad SMARTS) is 1. The van der Waals surface area contributed by atoms with Gasteiger partial charge in [0.15, 0.2) is 0 Å². The van der Waals surface area contributed by atoms with E-state index in [4.69, 9.17) is 4.74 Å². The summed E-state index contributed by atoms with van der Waals surface area (Å²) >= 11 is 0. The number of para-hydroxylation sites is 1. The third kappa shape index (κ3) is 2.31. The number of rotatable bonds is 5. The van der Waals surface area contributed by atoms with Gasteiger partial charge in [-0.15, -0.1) is 0 Å². The molecule has 2 unspecified atom stereocenters. The number of hydrogen-bond donors (Lipinski definition) is 1. The van der Waals surface area contributed by atoms with E-state index in [1.54, 1.807) is 0 Å². The summed E-state index contributed by atoms with van der Waals surface area (Å²) in [5.74, 6) is -0.881. The smallest absolute Gasteiger partial charge is 0.338 e. The molecule has 2 atom stereocenters. The van der Waals surface area contributed by atoms with E-state index in [1.807, 2.05) is 45.0 Å². The lowest BCUT2D eigenvalue weighted by molar-refractivity contribution is 0.0431. The summed E-state index contributed by atoms with van der Waals surface area (Å²) in [6, 6.07) is 7.70. The number of aromatic carboxylic acids is 1. The molecule has 0 saturated heterocycles. The highest BCUT2D eigenvalue weighted by atomic mass is 16.5. The second kappa shape index (κ2) is 5.67. The predicted octanol–water partition coefficient (Wildman–Crippen LogP) is 3.63. The van der Waals surface area contributed by atoms with Crippen LogP contribution in [0, 0.1) is 6.92 Å². The van der Waals surface area contributed by atoms with Crippen LogP contribution in [0.1, 0.15) is 42.9 Å². The first-order valence-corrected chi connectivity index (χ1v) is 6.93. The Hall–Kier alpha value is -1.81. The van der Waals surface area contributed by atoms with E-state index >= 15 is 0 Å². The number of hydrogen-bond acceptors (Lipinski definition) is 2. The molecule has 0 saturated carbocycles. The molecular weight excluding hydrogens is 254 g/mol. The van der Waals surface area contributed by atoms with E-state index in [-0.39, 0.29) is 12.1 Å². The maximum absolute atomic E-state index is 11.5. The first kappa shape index (κ1) is 14.6.